The van der Waals surface area contributed by atoms with Crippen molar-refractivity contribution >= 4 is 63.3 Å². The fraction of sp³-hybridized carbons (Fsp3) is 0.207. The molecule has 3 aromatic carbocycles. The van der Waals surface area contributed by atoms with Gasteiger partial charge in [-0.1, -0.05) is 37.1 Å². The number of anilines is 4. The largest absolute Gasteiger partial charge is 0.353 e. The van der Waals surface area contributed by atoms with Crippen LogP contribution in [-0.2, 0) is 9.73 Å². The Hall–Kier alpha value is -4.95. The Bertz CT molecular complexity index is 1600. The van der Waals surface area contributed by atoms with Crippen molar-refractivity contribution in [3.63, 3.8) is 0 Å². The topological polar surface area (TPSA) is 155 Å². The van der Waals surface area contributed by atoms with E-state index in [0.717, 1.165) is 24.6 Å². The molecule has 2 aliphatic heterocycles. The first-order valence-corrected chi connectivity index (χ1v) is 14.3. The van der Waals surface area contributed by atoms with E-state index in [9.17, 15) is 28.9 Å². The molecule has 4 N–H and O–H groups in total. The molecule has 222 valence electrons. The lowest BCUT2D eigenvalue weighted by molar-refractivity contribution is -0.384. The smallest absolute Gasteiger partial charge is 0.297 e. The van der Waals surface area contributed by atoms with Crippen LogP contribution in [0.1, 0.15) is 41.6 Å². The van der Waals surface area contributed by atoms with Crippen molar-refractivity contribution in [2.75, 3.05) is 29.4 Å². The quantitative estimate of drug-likeness (QED) is 0.0812. The number of carbonyl (C=O) groups is 3. The van der Waals surface area contributed by atoms with Crippen molar-refractivity contribution in [1.29, 1.82) is 0 Å². The fourth-order valence-electron chi connectivity index (χ4n) is 4.57. The molecule has 5 rings (SSSR count). The van der Waals surface area contributed by atoms with E-state index < -0.39 is 4.92 Å². The second-order valence-corrected chi connectivity index (χ2v) is 10.7. The summed E-state index contributed by atoms with van der Waals surface area (Å²) in [4.78, 5) is 55.2. The number of amides is 3. The first-order valence-electron chi connectivity index (χ1n) is 13.5. The van der Waals surface area contributed by atoms with E-state index in [1.54, 1.807) is 42.5 Å². The Kier molecular flexibility index (Phi) is 9.17. The summed E-state index contributed by atoms with van der Waals surface area (Å²) >= 11 is 0.875. The van der Waals surface area contributed by atoms with Gasteiger partial charge in [0.15, 0.2) is 5.69 Å². The van der Waals surface area contributed by atoms with Gasteiger partial charge in [0.2, 0.25) is 0 Å². The summed E-state index contributed by atoms with van der Waals surface area (Å²) in [5.74, 6) is -1.01. The zero-order valence-corrected chi connectivity index (χ0v) is 23.5. The number of fused-ring (bicyclic) bond motifs is 1. The van der Waals surface area contributed by atoms with E-state index in [4.69, 9.17) is 4.94 Å². The normalized spacial score (nSPS) is 14.8. The standard InChI is InChI=1S/C29H27FN6O6S/c30-19-11-9-18(10-12-19)17-24-28(38)35(29(39)43-24)16-6-2-1-5-15-31-27(37)20-7-3-4-8-21(20)32-22-13-14-23(36(40)41)26-25(22)33-42-34-26/h3-4,7-14,17,32-34H,1-2,5-6,15-16H2,(H,31,37)/b24-17-. The van der Waals surface area contributed by atoms with Crippen molar-refractivity contribution in [1.82, 2.24) is 10.2 Å². The highest BCUT2D eigenvalue weighted by Crippen LogP contribution is 2.42. The van der Waals surface area contributed by atoms with Gasteiger partial charge in [0.05, 0.1) is 26.8 Å². The number of thioether (sulfide) groups is 1. The van der Waals surface area contributed by atoms with Gasteiger partial charge in [-0.05, 0) is 66.6 Å². The highest BCUT2D eigenvalue weighted by Gasteiger charge is 2.34. The van der Waals surface area contributed by atoms with E-state index in [1.807, 2.05) is 0 Å². The van der Waals surface area contributed by atoms with E-state index in [0.29, 0.717) is 59.0 Å². The average molecular weight is 607 g/mol. The van der Waals surface area contributed by atoms with E-state index in [-0.39, 0.29) is 34.2 Å². The maximum Gasteiger partial charge on any atom is 0.297 e. The highest BCUT2D eigenvalue weighted by molar-refractivity contribution is 8.18. The van der Waals surface area contributed by atoms with E-state index in [2.05, 4.69) is 21.6 Å². The van der Waals surface area contributed by atoms with E-state index >= 15 is 0 Å². The third kappa shape index (κ3) is 6.93. The number of nitro groups is 1. The number of hydrogen-bond donors (Lipinski definition) is 4. The molecule has 3 amide bonds. The van der Waals surface area contributed by atoms with Crippen LogP contribution in [0, 0.1) is 15.9 Å². The highest BCUT2D eigenvalue weighted by atomic mass is 32.2. The van der Waals surface area contributed by atoms with Gasteiger partial charge in [-0.3, -0.25) is 29.4 Å². The number of imide groups is 1. The fourth-order valence-corrected chi connectivity index (χ4v) is 5.43. The van der Waals surface area contributed by atoms with Gasteiger partial charge in [-0.25, -0.2) is 15.4 Å². The summed E-state index contributed by atoms with van der Waals surface area (Å²) < 4.78 is 13.1. The van der Waals surface area contributed by atoms with Crippen LogP contribution in [0.2, 0.25) is 0 Å². The van der Waals surface area contributed by atoms with Crippen molar-refractivity contribution in [3.05, 3.63) is 92.6 Å². The maximum atomic E-state index is 13.1. The Balaban J connectivity index is 1.07. The van der Waals surface area contributed by atoms with Crippen LogP contribution in [0.4, 0.5) is 37.6 Å². The maximum absolute atomic E-state index is 13.1. The zero-order chi connectivity index (χ0) is 30.3. The molecule has 0 spiro atoms. The predicted molar refractivity (Wildman–Crippen MR) is 161 cm³/mol. The van der Waals surface area contributed by atoms with Gasteiger partial charge in [-0.2, -0.15) is 4.94 Å². The summed E-state index contributed by atoms with van der Waals surface area (Å²) in [5, 5.41) is 17.0. The van der Waals surface area contributed by atoms with Crippen molar-refractivity contribution in [2.24, 2.45) is 0 Å². The molecule has 0 radical (unpaired) electrons. The number of para-hydroxylation sites is 1. The monoisotopic (exact) mass is 606 g/mol. The molecule has 0 bridgehead atoms. The third-order valence-corrected chi connectivity index (χ3v) is 7.67. The van der Waals surface area contributed by atoms with Gasteiger partial charge in [0.1, 0.15) is 11.5 Å². The molecule has 1 fully saturated rings. The van der Waals surface area contributed by atoms with Crippen molar-refractivity contribution < 1.29 is 28.6 Å². The number of rotatable bonds is 12. The average Bonchev–Trinajstić information content (AvgIpc) is 3.59. The molecule has 43 heavy (non-hydrogen) atoms. The summed E-state index contributed by atoms with van der Waals surface area (Å²) in [5.41, 5.74) is 7.47. The third-order valence-electron chi connectivity index (χ3n) is 6.76. The van der Waals surface area contributed by atoms with Gasteiger partial charge in [-0.15, -0.1) is 0 Å². The number of nitro benzene ring substituents is 1. The van der Waals surface area contributed by atoms with Gasteiger partial charge < -0.3 is 10.6 Å². The molecule has 2 heterocycles. The minimum atomic E-state index is -0.525. The van der Waals surface area contributed by atoms with Crippen LogP contribution in [0.5, 0.6) is 0 Å². The number of hydrogen-bond acceptors (Lipinski definition) is 10. The lowest BCUT2D eigenvalue weighted by Gasteiger charge is -2.14. The molecule has 12 nitrogen and oxygen atoms in total. The lowest BCUT2D eigenvalue weighted by Crippen LogP contribution is -2.29. The number of benzene rings is 3. The SMILES string of the molecule is O=C(NCCCCCCN1C(=O)S/C(=C\c2ccc(F)cc2)C1=O)c1ccccc1Nc1ccc([N+](=O)[O-])c2c1NON2. The molecule has 0 aromatic heterocycles. The van der Waals surface area contributed by atoms with Crippen molar-refractivity contribution in [3.8, 4) is 0 Å². The Morgan fingerprint density at radius 2 is 1.72 bits per heavy atom. The van der Waals surface area contributed by atoms with Gasteiger partial charge in [0.25, 0.3) is 22.7 Å². The van der Waals surface area contributed by atoms with Crippen LogP contribution in [0.3, 0.4) is 0 Å². The summed E-state index contributed by atoms with van der Waals surface area (Å²) in [6.07, 6.45) is 4.48. The molecule has 14 heteroatoms. The van der Waals surface area contributed by atoms with Gasteiger partial charge in [0, 0.05) is 19.2 Å². The molecule has 0 saturated carbocycles. The van der Waals surface area contributed by atoms with Crippen LogP contribution in [0.25, 0.3) is 6.08 Å². The number of carbonyl (C=O) groups excluding carboxylic acids is 3. The Morgan fingerprint density at radius 1 is 0.977 bits per heavy atom. The number of unbranched alkanes of at least 4 members (excludes halogenated alkanes) is 3. The van der Waals surface area contributed by atoms with Crippen LogP contribution < -0.4 is 21.6 Å². The zero-order valence-electron chi connectivity index (χ0n) is 22.7. The molecule has 2 aliphatic rings. The molecule has 0 atom stereocenters. The summed E-state index contributed by atoms with van der Waals surface area (Å²) in [7, 11) is 0. The van der Waals surface area contributed by atoms with Gasteiger partial charge >= 0.3 is 0 Å². The number of halogens is 1. The molecule has 3 aromatic rings. The first-order chi connectivity index (χ1) is 20.8. The molecular weight excluding hydrogens is 579 g/mol. The van der Waals surface area contributed by atoms with Crippen LogP contribution in [0.15, 0.2) is 65.6 Å². The number of nitrogens with one attached hydrogen (secondary N) is 4. The van der Waals surface area contributed by atoms with Crippen molar-refractivity contribution in [2.45, 2.75) is 25.7 Å². The molecular formula is C29H27FN6O6S. The second kappa shape index (κ2) is 13.4. The second-order valence-electron chi connectivity index (χ2n) is 9.67. The summed E-state index contributed by atoms with van der Waals surface area (Å²) in [6, 6.07) is 15.5. The van der Waals surface area contributed by atoms with Crippen LogP contribution >= 0.6 is 11.8 Å². The first kappa shape index (κ1) is 29.5. The minimum Gasteiger partial charge on any atom is -0.353 e. The minimum absolute atomic E-state index is 0.155. The van der Waals surface area contributed by atoms with Crippen LogP contribution in [-0.4, -0.2) is 40.0 Å². The Labute approximate surface area is 249 Å². The Morgan fingerprint density at radius 3 is 2.51 bits per heavy atom. The molecule has 1 saturated heterocycles. The van der Waals surface area contributed by atoms with E-state index in [1.165, 1.54) is 29.2 Å². The molecule has 0 unspecified atom stereocenters. The predicted octanol–water partition coefficient (Wildman–Crippen LogP) is 6.19. The molecule has 0 aliphatic carbocycles. The summed E-state index contributed by atoms with van der Waals surface area (Å²) in [6.45, 7) is 0.736. The number of nitrogens with zero attached hydrogens (tertiary/aromatic N) is 2. The lowest BCUT2D eigenvalue weighted by atomic mass is 10.1.